The third-order valence-electron chi connectivity index (χ3n) is 3.32. The number of benzene rings is 1. The zero-order valence-corrected chi connectivity index (χ0v) is 11.4. The van der Waals surface area contributed by atoms with Gasteiger partial charge in [0.05, 0.1) is 0 Å². The van der Waals surface area contributed by atoms with E-state index in [-0.39, 0.29) is 11.6 Å². The van der Waals surface area contributed by atoms with E-state index in [1.807, 2.05) is 18.2 Å². The summed E-state index contributed by atoms with van der Waals surface area (Å²) < 4.78 is 1.64. The van der Waals surface area contributed by atoms with Gasteiger partial charge in [-0.2, -0.15) is 0 Å². The highest BCUT2D eigenvalue weighted by molar-refractivity contribution is 5.26. The molecule has 0 fully saturated rings. The van der Waals surface area contributed by atoms with Gasteiger partial charge in [-0.05, 0) is 23.1 Å². The molecule has 1 aromatic carbocycles. The Hall–Kier alpha value is -1.87. The molecule has 1 heterocycles. The van der Waals surface area contributed by atoms with Gasteiger partial charge in [0.25, 0.3) is 5.56 Å². The van der Waals surface area contributed by atoms with Gasteiger partial charge in [0.1, 0.15) is 0 Å². The lowest BCUT2D eigenvalue weighted by molar-refractivity contribution is 0.561. The van der Waals surface area contributed by atoms with Crippen molar-refractivity contribution in [1.82, 2.24) is 4.57 Å². The quantitative estimate of drug-likeness (QED) is 0.914. The van der Waals surface area contributed by atoms with Crippen LogP contribution in [0.15, 0.2) is 53.5 Å². The van der Waals surface area contributed by atoms with Gasteiger partial charge in [0.15, 0.2) is 0 Å². The first-order valence-corrected chi connectivity index (χ1v) is 6.59. The van der Waals surface area contributed by atoms with Crippen molar-refractivity contribution in [2.45, 2.75) is 32.4 Å². The molecule has 0 aliphatic heterocycles. The predicted octanol–water partition coefficient (Wildman–Crippen LogP) is 2.67. The van der Waals surface area contributed by atoms with Gasteiger partial charge < -0.3 is 10.3 Å². The lowest BCUT2D eigenvalue weighted by Gasteiger charge is -2.15. The second kappa shape index (κ2) is 5.85. The highest BCUT2D eigenvalue weighted by Gasteiger charge is 2.08. The number of nitrogens with zero attached hydrogens (tertiary/aromatic N) is 1. The molecule has 3 nitrogen and oxygen atoms in total. The summed E-state index contributed by atoms with van der Waals surface area (Å²) in [6, 6.07) is 13.3. The SMILES string of the molecule is CC(C)c1ccc(C(N)Cn2ccccc2=O)cc1. The van der Waals surface area contributed by atoms with Gasteiger partial charge in [-0.1, -0.05) is 44.2 Å². The van der Waals surface area contributed by atoms with E-state index >= 15 is 0 Å². The standard InChI is InChI=1S/C16H20N2O/c1-12(2)13-6-8-14(9-7-13)15(17)11-18-10-4-3-5-16(18)19/h3-10,12,15H,11,17H2,1-2H3. The summed E-state index contributed by atoms with van der Waals surface area (Å²) in [5.41, 5.74) is 8.50. The van der Waals surface area contributed by atoms with E-state index in [4.69, 9.17) is 5.73 Å². The molecule has 0 saturated heterocycles. The van der Waals surface area contributed by atoms with Crippen LogP contribution in [0.5, 0.6) is 0 Å². The zero-order valence-electron chi connectivity index (χ0n) is 11.4. The smallest absolute Gasteiger partial charge is 0.250 e. The molecule has 1 unspecified atom stereocenters. The van der Waals surface area contributed by atoms with E-state index in [9.17, 15) is 4.79 Å². The topological polar surface area (TPSA) is 48.0 Å². The maximum atomic E-state index is 11.6. The number of rotatable bonds is 4. The summed E-state index contributed by atoms with van der Waals surface area (Å²) in [4.78, 5) is 11.6. The number of aromatic nitrogens is 1. The van der Waals surface area contributed by atoms with E-state index < -0.39 is 0 Å². The summed E-state index contributed by atoms with van der Waals surface area (Å²) >= 11 is 0. The van der Waals surface area contributed by atoms with E-state index in [0.29, 0.717) is 12.5 Å². The second-order valence-electron chi connectivity index (χ2n) is 5.12. The Morgan fingerprint density at radius 2 is 1.68 bits per heavy atom. The molecular weight excluding hydrogens is 236 g/mol. The average Bonchev–Trinajstić information content (AvgIpc) is 2.41. The fraction of sp³-hybridized carbons (Fsp3) is 0.312. The molecule has 100 valence electrons. The van der Waals surface area contributed by atoms with E-state index in [0.717, 1.165) is 5.56 Å². The van der Waals surface area contributed by atoms with Gasteiger partial charge in [-0.25, -0.2) is 0 Å². The minimum Gasteiger partial charge on any atom is -0.322 e. The van der Waals surface area contributed by atoms with E-state index in [1.165, 1.54) is 5.56 Å². The summed E-state index contributed by atoms with van der Waals surface area (Å²) in [6.07, 6.45) is 1.77. The monoisotopic (exact) mass is 256 g/mol. The molecule has 3 heteroatoms. The van der Waals surface area contributed by atoms with Gasteiger partial charge in [-0.15, -0.1) is 0 Å². The molecule has 0 aliphatic carbocycles. The van der Waals surface area contributed by atoms with E-state index in [2.05, 4.69) is 26.0 Å². The Balaban J connectivity index is 2.14. The minimum atomic E-state index is -0.165. The van der Waals surface area contributed by atoms with Crippen molar-refractivity contribution in [3.05, 3.63) is 70.1 Å². The van der Waals surface area contributed by atoms with Crippen LogP contribution in [0.25, 0.3) is 0 Å². The number of hydrogen-bond donors (Lipinski definition) is 1. The maximum absolute atomic E-state index is 11.6. The molecule has 0 spiro atoms. The third kappa shape index (κ3) is 3.32. The Kier molecular flexibility index (Phi) is 4.17. The van der Waals surface area contributed by atoms with Gasteiger partial charge in [0, 0.05) is 24.8 Å². The maximum Gasteiger partial charge on any atom is 0.250 e. The van der Waals surface area contributed by atoms with Crippen LogP contribution in [0.3, 0.4) is 0 Å². The van der Waals surface area contributed by atoms with Crippen molar-refractivity contribution in [3.8, 4) is 0 Å². The molecule has 0 saturated carbocycles. The molecule has 19 heavy (non-hydrogen) atoms. The number of nitrogens with two attached hydrogens (primary N) is 1. The van der Waals surface area contributed by atoms with Crippen molar-refractivity contribution in [3.63, 3.8) is 0 Å². The van der Waals surface area contributed by atoms with Crippen LogP contribution in [0.2, 0.25) is 0 Å². The summed E-state index contributed by atoms with van der Waals surface area (Å²) in [5.74, 6) is 0.516. The largest absolute Gasteiger partial charge is 0.322 e. The molecule has 2 N–H and O–H groups in total. The third-order valence-corrected chi connectivity index (χ3v) is 3.32. The van der Waals surface area contributed by atoms with Crippen LogP contribution in [-0.2, 0) is 6.54 Å². The first-order valence-electron chi connectivity index (χ1n) is 6.59. The number of hydrogen-bond acceptors (Lipinski definition) is 2. The zero-order chi connectivity index (χ0) is 13.8. The molecule has 2 aromatic rings. The van der Waals surface area contributed by atoms with Crippen molar-refractivity contribution in [2.24, 2.45) is 5.73 Å². The highest BCUT2D eigenvalue weighted by atomic mass is 16.1. The fourth-order valence-electron chi connectivity index (χ4n) is 2.06. The second-order valence-corrected chi connectivity index (χ2v) is 5.12. The molecule has 0 amide bonds. The molecule has 1 aromatic heterocycles. The normalized spacial score (nSPS) is 12.6. The summed E-state index contributed by atoms with van der Waals surface area (Å²) in [7, 11) is 0. The molecule has 1 atom stereocenters. The van der Waals surface area contributed by atoms with Crippen LogP contribution in [0.4, 0.5) is 0 Å². The Morgan fingerprint density at radius 3 is 2.26 bits per heavy atom. The predicted molar refractivity (Wildman–Crippen MR) is 78.2 cm³/mol. The Morgan fingerprint density at radius 1 is 1.05 bits per heavy atom. The van der Waals surface area contributed by atoms with Crippen LogP contribution in [0.1, 0.15) is 36.9 Å². The van der Waals surface area contributed by atoms with Crippen molar-refractivity contribution < 1.29 is 0 Å². The highest BCUT2D eigenvalue weighted by Crippen LogP contribution is 2.18. The van der Waals surface area contributed by atoms with Gasteiger partial charge in [-0.3, -0.25) is 4.79 Å². The molecule has 0 bridgehead atoms. The molecule has 2 rings (SSSR count). The van der Waals surface area contributed by atoms with E-state index in [1.54, 1.807) is 22.9 Å². The fourth-order valence-corrected chi connectivity index (χ4v) is 2.06. The summed E-state index contributed by atoms with van der Waals surface area (Å²) in [6.45, 7) is 4.83. The summed E-state index contributed by atoms with van der Waals surface area (Å²) in [5, 5.41) is 0. The first-order chi connectivity index (χ1) is 9.08. The molecule has 0 radical (unpaired) electrons. The van der Waals surface area contributed by atoms with Crippen molar-refractivity contribution in [2.75, 3.05) is 0 Å². The first kappa shape index (κ1) is 13.6. The van der Waals surface area contributed by atoms with Crippen LogP contribution < -0.4 is 11.3 Å². The van der Waals surface area contributed by atoms with Crippen LogP contribution in [-0.4, -0.2) is 4.57 Å². The van der Waals surface area contributed by atoms with Crippen molar-refractivity contribution in [1.29, 1.82) is 0 Å². The number of pyridine rings is 1. The van der Waals surface area contributed by atoms with Crippen molar-refractivity contribution >= 4 is 0 Å². The Labute approximate surface area is 113 Å². The average molecular weight is 256 g/mol. The van der Waals surface area contributed by atoms with Gasteiger partial charge in [0.2, 0.25) is 0 Å². The molecule has 0 aliphatic rings. The van der Waals surface area contributed by atoms with Gasteiger partial charge >= 0.3 is 0 Å². The van der Waals surface area contributed by atoms with Crippen LogP contribution >= 0.6 is 0 Å². The lowest BCUT2D eigenvalue weighted by atomic mass is 9.99. The van der Waals surface area contributed by atoms with Crippen LogP contribution in [0, 0.1) is 0 Å². The minimum absolute atomic E-state index is 0.0169. The molecular formula is C16H20N2O. The Bertz CT molecular complexity index is 584. The lowest BCUT2D eigenvalue weighted by Crippen LogP contribution is -2.25.